The van der Waals surface area contributed by atoms with Crippen LogP contribution in [0.3, 0.4) is 0 Å². The highest BCUT2D eigenvalue weighted by Gasteiger charge is 2.15. The maximum Gasteiger partial charge on any atom is 0.272 e. The fourth-order valence-corrected chi connectivity index (χ4v) is 2.61. The zero-order valence-corrected chi connectivity index (χ0v) is 16.1. The number of nitrogens with one attached hydrogen (secondary N) is 2. The van der Waals surface area contributed by atoms with Crippen LogP contribution in [0.15, 0.2) is 81.3 Å². The van der Waals surface area contributed by atoms with Crippen molar-refractivity contribution in [1.82, 2.24) is 5.32 Å². The summed E-state index contributed by atoms with van der Waals surface area (Å²) in [5.41, 5.74) is 1.15. The normalized spacial score (nSPS) is 11.1. The van der Waals surface area contributed by atoms with Gasteiger partial charge in [0.05, 0.1) is 0 Å². The summed E-state index contributed by atoms with van der Waals surface area (Å²) in [6, 6.07) is 19.4. The molecule has 1 aromatic heterocycles. The number of aryl methyl sites for hydroxylation is 1. The number of carbonyl (C=O) groups is 2. The highest BCUT2D eigenvalue weighted by atomic mass is 79.9. The molecule has 2 aromatic carbocycles. The van der Waals surface area contributed by atoms with Crippen LogP contribution in [0.2, 0.25) is 0 Å². The molecular weight excluding hydrogens is 408 g/mol. The largest absolute Gasteiger partial charge is 0.462 e. The lowest BCUT2D eigenvalue weighted by molar-refractivity contribution is -0.113. The third-order valence-corrected chi connectivity index (χ3v) is 4.21. The lowest BCUT2D eigenvalue weighted by atomic mass is 10.2. The van der Waals surface area contributed by atoms with Gasteiger partial charge in [0, 0.05) is 21.8 Å². The topological polar surface area (TPSA) is 71.3 Å². The summed E-state index contributed by atoms with van der Waals surface area (Å²) in [7, 11) is 0. The fraction of sp³-hybridized carbons (Fsp3) is 0.0476. The van der Waals surface area contributed by atoms with Gasteiger partial charge in [0.15, 0.2) is 0 Å². The first-order valence-corrected chi connectivity index (χ1v) is 9.02. The Bertz CT molecular complexity index is 976. The molecule has 0 saturated heterocycles. The van der Waals surface area contributed by atoms with Gasteiger partial charge in [-0.15, -0.1) is 0 Å². The molecule has 5 nitrogen and oxygen atoms in total. The van der Waals surface area contributed by atoms with Gasteiger partial charge in [0.2, 0.25) is 0 Å². The van der Waals surface area contributed by atoms with E-state index in [1.807, 2.05) is 25.1 Å². The van der Waals surface area contributed by atoms with Crippen LogP contribution in [-0.4, -0.2) is 11.8 Å². The Morgan fingerprint density at radius 3 is 2.30 bits per heavy atom. The standard InChI is InChI=1S/C21H17BrN2O3/c1-14-7-12-18(27-14)13-19(24-20(25)15-5-3-2-4-6-15)21(26)23-17-10-8-16(22)9-11-17/h2-13H,1H3,(H,23,26)(H,24,25)/b19-13+. The monoisotopic (exact) mass is 424 g/mol. The van der Waals surface area contributed by atoms with Crippen molar-refractivity contribution in [3.8, 4) is 0 Å². The SMILES string of the molecule is Cc1ccc(/C=C(/NC(=O)c2ccccc2)C(=O)Nc2ccc(Br)cc2)o1. The van der Waals surface area contributed by atoms with Crippen molar-refractivity contribution in [2.24, 2.45) is 0 Å². The van der Waals surface area contributed by atoms with Crippen LogP contribution in [0, 0.1) is 6.92 Å². The second kappa shape index (κ2) is 8.51. The number of hydrogen-bond donors (Lipinski definition) is 2. The minimum atomic E-state index is -0.448. The zero-order chi connectivity index (χ0) is 19.2. The van der Waals surface area contributed by atoms with Gasteiger partial charge < -0.3 is 15.1 Å². The third-order valence-electron chi connectivity index (χ3n) is 3.68. The van der Waals surface area contributed by atoms with E-state index in [1.54, 1.807) is 48.5 Å². The van der Waals surface area contributed by atoms with Crippen LogP contribution in [0.1, 0.15) is 21.9 Å². The Labute approximate surface area is 165 Å². The molecule has 0 spiro atoms. The van der Waals surface area contributed by atoms with E-state index in [1.165, 1.54) is 6.08 Å². The fourth-order valence-electron chi connectivity index (χ4n) is 2.35. The van der Waals surface area contributed by atoms with E-state index in [-0.39, 0.29) is 11.6 Å². The Morgan fingerprint density at radius 1 is 0.963 bits per heavy atom. The van der Waals surface area contributed by atoms with Gasteiger partial charge in [-0.2, -0.15) is 0 Å². The van der Waals surface area contributed by atoms with Crippen LogP contribution in [-0.2, 0) is 4.79 Å². The molecule has 136 valence electrons. The van der Waals surface area contributed by atoms with E-state index < -0.39 is 5.91 Å². The molecule has 3 rings (SSSR count). The first kappa shape index (κ1) is 18.7. The van der Waals surface area contributed by atoms with Gasteiger partial charge in [-0.25, -0.2) is 0 Å². The van der Waals surface area contributed by atoms with Crippen molar-refractivity contribution in [3.63, 3.8) is 0 Å². The summed E-state index contributed by atoms with van der Waals surface area (Å²) in [4.78, 5) is 25.2. The van der Waals surface area contributed by atoms with Gasteiger partial charge in [0.25, 0.3) is 11.8 Å². The first-order valence-electron chi connectivity index (χ1n) is 8.23. The lowest BCUT2D eigenvalue weighted by Gasteiger charge is -2.11. The minimum Gasteiger partial charge on any atom is -0.462 e. The van der Waals surface area contributed by atoms with Gasteiger partial charge in [-0.05, 0) is 55.5 Å². The summed E-state index contributed by atoms with van der Waals surface area (Å²) >= 11 is 3.35. The highest BCUT2D eigenvalue weighted by molar-refractivity contribution is 9.10. The molecule has 0 unspecified atom stereocenters. The first-order chi connectivity index (χ1) is 13.0. The van der Waals surface area contributed by atoms with Gasteiger partial charge in [0.1, 0.15) is 17.2 Å². The van der Waals surface area contributed by atoms with Crippen molar-refractivity contribution in [3.05, 3.63) is 94.0 Å². The van der Waals surface area contributed by atoms with E-state index >= 15 is 0 Å². The molecule has 0 saturated carbocycles. The average molecular weight is 425 g/mol. The molecule has 0 fully saturated rings. The second-order valence-electron chi connectivity index (χ2n) is 5.79. The molecule has 0 aliphatic carbocycles. The van der Waals surface area contributed by atoms with E-state index in [0.29, 0.717) is 22.8 Å². The van der Waals surface area contributed by atoms with Crippen LogP contribution >= 0.6 is 15.9 Å². The predicted octanol–water partition coefficient (Wildman–Crippen LogP) is 4.76. The summed E-state index contributed by atoms with van der Waals surface area (Å²) in [5.74, 6) is 0.358. The number of amides is 2. The molecule has 0 radical (unpaired) electrons. The molecule has 0 aliphatic heterocycles. The van der Waals surface area contributed by atoms with E-state index in [2.05, 4.69) is 26.6 Å². The number of benzene rings is 2. The minimum absolute atomic E-state index is 0.0844. The molecule has 27 heavy (non-hydrogen) atoms. The maximum atomic E-state index is 12.7. The van der Waals surface area contributed by atoms with Crippen LogP contribution in [0.4, 0.5) is 5.69 Å². The Balaban J connectivity index is 1.85. The Kier molecular flexibility index (Phi) is 5.88. The maximum absolute atomic E-state index is 12.7. The summed E-state index contributed by atoms with van der Waals surface area (Å²) in [5, 5.41) is 5.43. The van der Waals surface area contributed by atoms with Crippen molar-refractivity contribution in [2.75, 3.05) is 5.32 Å². The zero-order valence-electron chi connectivity index (χ0n) is 14.5. The number of halogens is 1. The van der Waals surface area contributed by atoms with E-state index in [9.17, 15) is 9.59 Å². The quantitative estimate of drug-likeness (QED) is 0.579. The molecule has 3 aromatic rings. The van der Waals surface area contributed by atoms with Crippen LogP contribution in [0.5, 0.6) is 0 Å². The predicted molar refractivity (Wildman–Crippen MR) is 108 cm³/mol. The van der Waals surface area contributed by atoms with Gasteiger partial charge >= 0.3 is 0 Å². The summed E-state index contributed by atoms with van der Waals surface area (Å²) < 4.78 is 6.41. The van der Waals surface area contributed by atoms with Crippen molar-refractivity contribution < 1.29 is 14.0 Å². The van der Waals surface area contributed by atoms with Crippen LogP contribution < -0.4 is 10.6 Å². The third kappa shape index (κ3) is 5.18. The number of rotatable bonds is 5. The number of hydrogen-bond acceptors (Lipinski definition) is 3. The van der Waals surface area contributed by atoms with Gasteiger partial charge in [-0.1, -0.05) is 34.1 Å². The summed E-state index contributed by atoms with van der Waals surface area (Å²) in [6.07, 6.45) is 1.50. The molecule has 0 aliphatic rings. The highest BCUT2D eigenvalue weighted by Crippen LogP contribution is 2.16. The smallest absolute Gasteiger partial charge is 0.272 e. The van der Waals surface area contributed by atoms with E-state index in [4.69, 9.17) is 4.42 Å². The number of furan rings is 1. The van der Waals surface area contributed by atoms with E-state index in [0.717, 1.165) is 4.47 Å². The van der Waals surface area contributed by atoms with Crippen molar-refractivity contribution in [1.29, 1.82) is 0 Å². The lowest BCUT2D eigenvalue weighted by Crippen LogP contribution is -2.30. The average Bonchev–Trinajstić information content (AvgIpc) is 3.08. The molecule has 0 bridgehead atoms. The molecule has 2 N–H and O–H groups in total. The second-order valence-corrected chi connectivity index (χ2v) is 6.70. The molecule has 6 heteroatoms. The molecule has 1 heterocycles. The summed E-state index contributed by atoms with van der Waals surface area (Å²) in [6.45, 7) is 1.81. The van der Waals surface area contributed by atoms with Crippen molar-refractivity contribution in [2.45, 2.75) is 6.92 Å². The number of carbonyl (C=O) groups excluding carboxylic acids is 2. The molecule has 2 amide bonds. The number of anilines is 1. The van der Waals surface area contributed by atoms with Crippen LogP contribution in [0.25, 0.3) is 6.08 Å². The molecular formula is C21H17BrN2O3. The van der Waals surface area contributed by atoms with Crippen molar-refractivity contribution >= 4 is 39.5 Å². The Hall–Kier alpha value is -3.12. The van der Waals surface area contributed by atoms with Gasteiger partial charge in [-0.3, -0.25) is 9.59 Å². The Morgan fingerprint density at radius 2 is 1.67 bits per heavy atom. The molecule has 0 atom stereocenters.